The molecule has 0 aliphatic carbocycles. The molecular formula is C16H24N2O2. The summed E-state index contributed by atoms with van der Waals surface area (Å²) in [5, 5.41) is 2.85. The minimum absolute atomic E-state index is 0.0136. The Hall–Kier alpha value is -1.84. The van der Waals surface area contributed by atoms with Gasteiger partial charge in [0.05, 0.1) is 0 Å². The van der Waals surface area contributed by atoms with Crippen LogP contribution < -0.4 is 5.32 Å². The Morgan fingerprint density at radius 3 is 2.25 bits per heavy atom. The van der Waals surface area contributed by atoms with Gasteiger partial charge in [0.2, 0.25) is 11.8 Å². The van der Waals surface area contributed by atoms with Crippen LogP contribution in [0.2, 0.25) is 0 Å². The lowest BCUT2D eigenvalue weighted by Crippen LogP contribution is -2.48. The molecule has 0 aromatic heterocycles. The quantitative estimate of drug-likeness (QED) is 0.867. The number of nitrogens with one attached hydrogen (secondary N) is 1. The largest absolute Gasteiger partial charge is 0.352 e. The Bertz CT molecular complexity index is 443. The number of benzene rings is 1. The summed E-state index contributed by atoms with van der Waals surface area (Å²) in [6.07, 6.45) is 0.395. The predicted molar refractivity (Wildman–Crippen MR) is 80.0 cm³/mol. The van der Waals surface area contributed by atoms with Crippen LogP contribution in [-0.2, 0) is 16.1 Å². The smallest absolute Gasteiger partial charge is 0.242 e. The number of hydrogen-bond acceptors (Lipinski definition) is 2. The average molecular weight is 276 g/mol. The van der Waals surface area contributed by atoms with Gasteiger partial charge in [-0.1, -0.05) is 37.3 Å². The third kappa shape index (κ3) is 4.68. The van der Waals surface area contributed by atoms with Crippen molar-refractivity contribution in [3.8, 4) is 0 Å². The second-order valence-electron chi connectivity index (χ2n) is 5.20. The van der Waals surface area contributed by atoms with Crippen LogP contribution in [0.15, 0.2) is 30.3 Å². The summed E-state index contributed by atoms with van der Waals surface area (Å²) in [4.78, 5) is 25.8. The number of amides is 2. The molecule has 0 aliphatic heterocycles. The van der Waals surface area contributed by atoms with Crippen molar-refractivity contribution in [2.45, 2.75) is 52.7 Å². The lowest BCUT2D eigenvalue weighted by Gasteiger charge is -2.29. The molecule has 0 spiro atoms. The van der Waals surface area contributed by atoms with Crippen LogP contribution in [0.5, 0.6) is 0 Å². The van der Waals surface area contributed by atoms with Crippen molar-refractivity contribution in [3.63, 3.8) is 0 Å². The first-order valence-electron chi connectivity index (χ1n) is 7.09. The van der Waals surface area contributed by atoms with Crippen molar-refractivity contribution in [2.24, 2.45) is 0 Å². The molecule has 2 amide bonds. The molecule has 4 nitrogen and oxygen atoms in total. The second kappa shape index (κ2) is 7.68. The van der Waals surface area contributed by atoms with Gasteiger partial charge in [0.15, 0.2) is 0 Å². The predicted octanol–water partition coefficient (Wildman–Crippen LogP) is 2.34. The van der Waals surface area contributed by atoms with Crippen LogP contribution in [0.3, 0.4) is 0 Å². The zero-order valence-corrected chi connectivity index (χ0v) is 12.7. The van der Waals surface area contributed by atoms with Crippen LogP contribution in [0.25, 0.3) is 0 Å². The van der Waals surface area contributed by atoms with Crippen molar-refractivity contribution >= 4 is 11.8 Å². The SMILES string of the molecule is CCC(=O)N(Cc1ccccc1)C(C)C(=O)NC(C)C. The highest BCUT2D eigenvalue weighted by Gasteiger charge is 2.25. The number of carbonyl (C=O) groups is 2. The van der Waals surface area contributed by atoms with E-state index < -0.39 is 6.04 Å². The molecular weight excluding hydrogens is 252 g/mol. The first-order chi connectivity index (χ1) is 9.45. The summed E-state index contributed by atoms with van der Waals surface area (Å²) < 4.78 is 0. The molecule has 0 radical (unpaired) electrons. The minimum Gasteiger partial charge on any atom is -0.352 e. The van der Waals surface area contributed by atoms with Crippen LogP contribution in [0.4, 0.5) is 0 Å². The fourth-order valence-electron chi connectivity index (χ4n) is 1.97. The highest BCUT2D eigenvalue weighted by atomic mass is 16.2. The lowest BCUT2D eigenvalue weighted by atomic mass is 10.1. The van der Waals surface area contributed by atoms with Crippen molar-refractivity contribution < 1.29 is 9.59 Å². The van der Waals surface area contributed by atoms with Gasteiger partial charge in [0.25, 0.3) is 0 Å². The van der Waals surface area contributed by atoms with Gasteiger partial charge in [0, 0.05) is 19.0 Å². The molecule has 1 unspecified atom stereocenters. The van der Waals surface area contributed by atoms with E-state index in [1.54, 1.807) is 11.8 Å². The Labute approximate surface area is 121 Å². The standard InChI is InChI=1S/C16H24N2O2/c1-5-15(19)18(11-14-9-7-6-8-10-14)13(4)16(20)17-12(2)3/h6-10,12-13H,5,11H2,1-4H3,(H,17,20). The van der Waals surface area contributed by atoms with Gasteiger partial charge in [-0.15, -0.1) is 0 Å². The molecule has 0 aliphatic rings. The maximum absolute atomic E-state index is 12.1. The molecule has 1 rings (SSSR count). The van der Waals surface area contributed by atoms with E-state index in [0.717, 1.165) is 5.56 Å². The molecule has 1 atom stereocenters. The summed E-state index contributed by atoms with van der Waals surface area (Å²) >= 11 is 0. The molecule has 0 fully saturated rings. The van der Waals surface area contributed by atoms with Crippen LogP contribution in [0, 0.1) is 0 Å². The Kier molecular flexibility index (Phi) is 6.22. The Morgan fingerprint density at radius 1 is 1.15 bits per heavy atom. The van der Waals surface area contributed by atoms with E-state index in [2.05, 4.69) is 5.32 Å². The highest BCUT2D eigenvalue weighted by Crippen LogP contribution is 2.10. The molecule has 1 aromatic rings. The minimum atomic E-state index is -0.468. The third-order valence-corrected chi connectivity index (χ3v) is 3.10. The third-order valence-electron chi connectivity index (χ3n) is 3.10. The van der Waals surface area contributed by atoms with E-state index >= 15 is 0 Å². The second-order valence-corrected chi connectivity index (χ2v) is 5.20. The van der Waals surface area contributed by atoms with Crippen molar-refractivity contribution in [1.29, 1.82) is 0 Å². The van der Waals surface area contributed by atoms with Gasteiger partial charge >= 0.3 is 0 Å². The first-order valence-corrected chi connectivity index (χ1v) is 7.09. The van der Waals surface area contributed by atoms with E-state index in [9.17, 15) is 9.59 Å². The van der Waals surface area contributed by atoms with Gasteiger partial charge in [-0.05, 0) is 26.3 Å². The van der Waals surface area contributed by atoms with E-state index in [1.807, 2.05) is 51.1 Å². The zero-order valence-electron chi connectivity index (χ0n) is 12.7. The van der Waals surface area contributed by atoms with E-state index in [4.69, 9.17) is 0 Å². The van der Waals surface area contributed by atoms with Crippen molar-refractivity contribution in [2.75, 3.05) is 0 Å². The summed E-state index contributed by atoms with van der Waals surface area (Å²) in [5.41, 5.74) is 1.03. The number of carbonyl (C=O) groups excluding carboxylic acids is 2. The van der Waals surface area contributed by atoms with E-state index in [0.29, 0.717) is 13.0 Å². The summed E-state index contributed by atoms with van der Waals surface area (Å²) in [5.74, 6) is -0.127. The Balaban J connectivity index is 2.84. The van der Waals surface area contributed by atoms with Gasteiger partial charge in [-0.25, -0.2) is 0 Å². The fraction of sp³-hybridized carbons (Fsp3) is 0.500. The van der Waals surface area contributed by atoms with Crippen molar-refractivity contribution in [3.05, 3.63) is 35.9 Å². The molecule has 4 heteroatoms. The normalized spacial score (nSPS) is 12.1. The molecule has 20 heavy (non-hydrogen) atoms. The van der Waals surface area contributed by atoms with Gasteiger partial charge in [0.1, 0.15) is 6.04 Å². The van der Waals surface area contributed by atoms with Crippen LogP contribution in [0.1, 0.15) is 39.7 Å². The topological polar surface area (TPSA) is 49.4 Å². The molecule has 0 saturated heterocycles. The number of rotatable bonds is 6. The number of nitrogens with zero attached hydrogens (tertiary/aromatic N) is 1. The first kappa shape index (κ1) is 16.2. The zero-order chi connectivity index (χ0) is 15.1. The van der Waals surface area contributed by atoms with Crippen LogP contribution in [-0.4, -0.2) is 28.8 Å². The lowest BCUT2D eigenvalue weighted by molar-refractivity contribution is -0.140. The van der Waals surface area contributed by atoms with Crippen LogP contribution >= 0.6 is 0 Å². The Morgan fingerprint density at radius 2 is 1.75 bits per heavy atom. The average Bonchev–Trinajstić information content (AvgIpc) is 2.43. The number of hydrogen-bond donors (Lipinski definition) is 1. The fourth-order valence-corrected chi connectivity index (χ4v) is 1.97. The van der Waals surface area contributed by atoms with Gasteiger partial charge in [-0.2, -0.15) is 0 Å². The van der Waals surface area contributed by atoms with Gasteiger partial charge in [-0.3, -0.25) is 9.59 Å². The molecule has 1 aromatic carbocycles. The maximum Gasteiger partial charge on any atom is 0.242 e. The molecule has 0 saturated carbocycles. The van der Waals surface area contributed by atoms with Gasteiger partial charge < -0.3 is 10.2 Å². The monoisotopic (exact) mass is 276 g/mol. The van der Waals surface area contributed by atoms with E-state index in [1.165, 1.54) is 0 Å². The molecule has 0 heterocycles. The highest BCUT2D eigenvalue weighted by molar-refractivity contribution is 5.87. The maximum atomic E-state index is 12.1. The molecule has 110 valence electrons. The summed E-state index contributed by atoms with van der Waals surface area (Å²) in [6, 6.07) is 9.33. The molecule has 0 bridgehead atoms. The molecule has 1 N–H and O–H groups in total. The summed E-state index contributed by atoms with van der Waals surface area (Å²) in [7, 11) is 0. The van der Waals surface area contributed by atoms with E-state index in [-0.39, 0.29) is 17.9 Å². The summed E-state index contributed by atoms with van der Waals surface area (Å²) in [6.45, 7) is 7.86. The van der Waals surface area contributed by atoms with Crippen molar-refractivity contribution in [1.82, 2.24) is 10.2 Å².